The van der Waals surface area contributed by atoms with Gasteiger partial charge in [0.2, 0.25) is 0 Å². The van der Waals surface area contributed by atoms with E-state index in [0.717, 1.165) is 57.9 Å². The summed E-state index contributed by atoms with van der Waals surface area (Å²) in [5, 5.41) is 2.77. The zero-order valence-electron chi connectivity index (χ0n) is 19.7. The Morgan fingerprint density at radius 2 is 1.76 bits per heavy atom. The molecule has 2 aliphatic rings. The van der Waals surface area contributed by atoms with E-state index in [1.165, 1.54) is 0 Å². The van der Waals surface area contributed by atoms with Gasteiger partial charge in [-0.3, -0.25) is 4.79 Å². The van der Waals surface area contributed by atoms with E-state index in [2.05, 4.69) is 22.0 Å². The quantitative estimate of drug-likeness (QED) is 0.568. The molecule has 1 amide bonds. The van der Waals surface area contributed by atoms with Crippen LogP contribution in [-0.2, 0) is 14.3 Å². The summed E-state index contributed by atoms with van der Waals surface area (Å²) < 4.78 is 16.4. The molecular weight excluding hydrogens is 434 g/mol. The van der Waals surface area contributed by atoms with E-state index in [1.54, 1.807) is 24.3 Å². The van der Waals surface area contributed by atoms with Crippen LogP contribution in [-0.4, -0.2) is 75.4 Å². The number of amides is 1. The average Bonchev–Trinajstić information content (AvgIpc) is 3.41. The second-order valence-electron chi connectivity index (χ2n) is 8.56. The highest BCUT2D eigenvalue weighted by Gasteiger charge is 2.17. The predicted octanol–water partition coefficient (Wildman–Crippen LogP) is 3.18. The van der Waals surface area contributed by atoms with Crippen LogP contribution >= 0.6 is 0 Å². The highest BCUT2D eigenvalue weighted by molar-refractivity contribution is 5.95. The maximum atomic E-state index is 12.3. The van der Waals surface area contributed by atoms with E-state index >= 15 is 0 Å². The lowest BCUT2D eigenvalue weighted by Gasteiger charge is -2.35. The molecule has 0 bridgehead atoms. The summed E-state index contributed by atoms with van der Waals surface area (Å²) in [6.45, 7) is 8.32. The van der Waals surface area contributed by atoms with Crippen LogP contribution in [0.25, 0.3) is 0 Å². The lowest BCUT2D eigenvalue weighted by Crippen LogP contribution is -2.46. The van der Waals surface area contributed by atoms with Crippen molar-refractivity contribution >= 4 is 23.3 Å². The molecule has 0 radical (unpaired) electrons. The van der Waals surface area contributed by atoms with Crippen LogP contribution in [0.3, 0.4) is 0 Å². The summed E-state index contributed by atoms with van der Waals surface area (Å²) in [7, 11) is 0. The largest absolute Gasteiger partial charge is 0.491 e. The first-order valence-electron chi connectivity index (χ1n) is 12.0. The molecule has 8 heteroatoms. The molecule has 2 saturated heterocycles. The van der Waals surface area contributed by atoms with Crippen LogP contribution in [0.4, 0.5) is 11.4 Å². The summed E-state index contributed by atoms with van der Waals surface area (Å²) in [4.78, 5) is 29.3. The number of esters is 1. The Bertz CT molecular complexity index is 934. The van der Waals surface area contributed by atoms with Gasteiger partial charge >= 0.3 is 5.97 Å². The first-order valence-corrected chi connectivity index (χ1v) is 12.0. The van der Waals surface area contributed by atoms with Gasteiger partial charge in [0, 0.05) is 44.2 Å². The Hall–Kier alpha value is -3.10. The van der Waals surface area contributed by atoms with Crippen molar-refractivity contribution in [2.75, 3.05) is 62.8 Å². The van der Waals surface area contributed by atoms with E-state index in [9.17, 15) is 9.59 Å². The minimum Gasteiger partial charge on any atom is -0.491 e. The minimum absolute atomic E-state index is 0.135. The fourth-order valence-electron chi connectivity index (χ4n) is 4.14. The molecule has 2 aromatic rings. The molecule has 2 heterocycles. The Morgan fingerprint density at radius 3 is 2.41 bits per heavy atom. The summed E-state index contributed by atoms with van der Waals surface area (Å²) in [5.74, 6) is -0.267. The van der Waals surface area contributed by atoms with Crippen LogP contribution in [0.15, 0.2) is 48.5 Å². The third kappa shape index (κ3) is 6.71. The topological polar surface area (TPSA) is 80.3 Å². The molecule has 0 saturated carbocycles. The van der Waals surface area contributed by atoms with Crippen LogP contribution in [0.2, 0.25) is 0 Å². The first kappa shape index (κ1) is 24.0. The highest BCUT2D eigenvalue weighted by atomic mass is 16.5. The molecule has 1 N–H and O–H groups in total. The van der Waals surface area contributed by atoms with Crippen molar-refractivity contribution in [1.29, 1.82) is 0 Å². The van der Waals surface area contributed by atoms with E-state index in [0.29, 0.717) is 23.6 Å². The minimum atomic E-state index is -0.553. The van der Waals surface area contributed by atoms with E-state index in [4.69, 9.17) is 14.2 Å². The summed E-state index contributed by atoms with van der Waals surface area (Å²) in [6, 6.07) is 14.4. The van der Waals surface area contributed by atoms with Crippen LogP contribution in [0, 0.1) is 0 Å². The number of ether oxygens (including phenoxy) is 3. The molecule has 0 spiro atoms. The van der Waals surface area contributed by atoms with Crippen molar-refractivity contribution in [3.8, 4) is 5.75 Å². The molecule has 2 aliphatic heterocycles. The molecule has 182 valence electrons. The molecular formula is C26H33N3O5. The molecule has 2 fully saturated rings. The maximum Gasteiger partial charge on any atom is 0.338 e. The SMILES string of the molecule is CCN1CCN(c2ccc(NC(=O)COC(=O)c3ccc(OCC4CCCO4)cc3)cc2)CC1. The summed E-state index contributed by atoms with van der Waals surface area (Å²) in [6.07, 6.45) is 2.21. The molecule has 1 unspecified atom stereocenters. The van der Waals surface area contributed by atoms with Gasteiger partial charge in [0.15, 0.2) is 6.61 Å². The monoisotopic (exact) mass is 467 g/mol. The van der Waals surface area contributed by atoms with Crippen molar-refractivity contribution in [3.63, 3.8) is 0 Å². The van der Waals surface area contributed by atoms with Crippen molar-refractivity contribution in [3.05, 3.63) is 54.1 Å². The molecule has 34 heavy (non-hydrogen) atoms. The van der Waals surface area contributed by atoms with Gasteiger partial charge in [-0.15, -0.1) is 0 Å². The number of piperazine rings is 1. The molecule has 0 aromatic heterocycles. The number of anilines is 2. The fraction of sp³-hybridized carbons (Fsp3) is 0.462. The molecule has 1 atom stereocenters. The van der Waals surface area contributed by atoms with Crippen molar-refractivity contribution < 1.29 is 23.8 Å². The molecule has 2 aromatic carbocycles. The van der Waals surface area contributed by atoms with Crippen molar-refractivity contribution in [2.24, 2.45) is 0 Å². The number of carbonyl (C=O) groups is 2. The van der Waals surface area contributed by atoms with E-state index in [1.807, 2.05) is 24.3 Å². The Morgan fingerprint density at radius 1 is 1.03 bits per heavy atom. The maximum absolute atomic E-state index is 12.3. The zero-order valence-corrected chi connectivity index (χ0v) is 19.7. The molecule has 8 nitrogen and oxygen atoms in total. The van der Waals surface area contributed by atoms with Gasteiger partial charge in [-0.1, -0.05) is 6.92 Å². The van der Waals surface area contributed by atoms with Gasteiger partial charge in [0.05, 0.1) is 11.7 Å². The number of carbonyl (C=O) groups excluding carboxylic acids is 2. The third-order valence-corrected chi connectivity index (χ3v) is 6.22. The van der Waals surface area contributed by atoms with Crippen LogP contribution in [0.1, 0.15) is 30.1 Å². The van der Waals surface area contributed by atoms with Crippen LogP contribution in [0.5, 0.6) is 5.75 Å². The van der Waals surface area contributed by atoms with Crippen LogP contribution < -0.4 is 15.0 Å². The summed E-state index contributed by atoms with van der Waals surface area (Å²) >= 11 is 0. The second-order valence-corrected chi connectivity index (χ2v) is 8.56. The van der Waals surface area contributed by atoms with Gasteiger partial charge in [-0.25, -0.2) is 4.79 Å². The van der Waals surface area contributed by atoms with Crippen molar-refractivity contribution in [1.82, 2.24) is 4.90 Å². The lowest BCUT2D eigenvalue weighted by molar-refractivity contribution is -0.119. The Labute approximate surface area is 200 Å². The zero-order chi connectivity index (χ0) is 23.8. The average molecular weight is 468 g/mol. The first-order chi connectivity index (χ1) is 16.6. The highest BCUT2D eigenvalue weighted by Crippen LogP contribution is 2.20. The van der Waals surface area contributed by atoms with E-state index in [-0.39, 0.29) is 18.6 Å². The smallest absolute Gasteiger partial charge is 0.338 e. The standard InChI is InChI=1S/C26H33N3O5/c1-2-28-13-15-29(16-14-28)22-9-7-21(8-10-22)27-25(30)19-34-26(31)20-5-11-23(12-6-20)33-18-24-4-3-17-32-24/h5-12,24H,2-4,13-19H2,1H3,(H,27,30). The number of rotatable bonds is 9. The molecule has 0 aliphatic carbocycles. The van der Waals surface area contributed by atoms with Gasteiger partial charge in [-0.05, 0) is 67.9 Å². The fourth-order valence-corrected chi connectivity index (χ4v) is 4.14. The van der Waals surface area contributed by atoms with Gasteiger partial charge in [0.25, 0.3) is 5.91 Å². The lowest BCUT2D eigenvalue weighted by atomic mass is 10.2. The number of nitrogens with one attached hydrogen (secondary N) is 1. The number of hydrogen-bond acceptors (Lipinski definition) is 7. The van der Waals surface area contributed by atoms with E-state index < -0.39 is 5.97 Å². The molecule has 4 rings (SSSR count). The number of benzene rings is 2. The third-order valence-electron chi connectivity index (χ3n) is 6.22. The number of nitrogens with zero attached hydrogens (tertiary/aromatic N) is 2. The Balaban J connectivity index is 1.18. The van der Waals surface area contributed by atoms with Crippen molar-refractivity contribution in [2.45, 2.75) is 25.9 Å². The second kappa shape index (κ2) is 11.9. The van der Waals surface area contributed by atoms with Gasteiger partial charge < -0.3 is 29.3 Å². The normalized spacial score (nSPS) is 18.5. The van der Waals surface area contributed by atoms with Gasteiger partial charge in [0.1, 0.15) is 12.4 Å². The van der Waals surface area contributed by atoms with Gasteiger partial charge in [-0.2, -0.15) is 0 Å². The summed E-state index contributed by atoms with van der Waals surface area (Å²) in [5.41, 5.74) is 2.18. The predicted molar refractivity (Wildman–Crippen MR) is 131 cm³/mol. The number of hydrogen-bond donors (Lipinski definition) is 1. The number of likely N-dealkylation sites (N-methyl/N-ethyl adjacent to an activating group) is 1. The Kier molecular flexibility index (Phi) is 8.38.